The molecule has 0 saturated heterocycles. The van der Waals surface area contributed by atoms with E-state index in [0.29, 0.717) is 16.3 Å². The summed E-state index contributed by atoms with van der Waals surface area (Å²) in [4.78, 5) is 11.9. The number of hydrogen-bond donors (Lipinski definition) is 3. The van der Waals surface area contributed by atoms with Crippen LogP contribution in [0.15, 0.2) is 18.2 Å². The number of carbonyl (C=O) groups is 1. The third kappa shape index (κ3) is 2.13. The molecule has 0 radical (unpaired) electrons. The fourth-order valence-electron chi connectivity index (χ4n) is 1.50. The Morgan fingerprint density at radius 2 is 2.25 bits per heavy atom. The molecule has 0 bridgehead atoms. The first kappa shape index (κ1) is 11.2. The van der Waals surface area contributed by atoms with Gasteiger partial charge in [-0.05, 0) is 31.0 Å². The van der Waals surface area contributed by atoms with Crippen molar-refractivity contribution in [1.29, 1.82) is 0 Å². The highest BCUT2D eigenvalue weighted by Crippen LogP contribution is 2.35. The van der Waals surface area contributed by atoms with Crippen molar-refractivity contribution >= 4 is 23.2 Å². The third-order valence-corrected chi connectivity index (χ3v) is 3.10. The quantitative estimate of drug-likeness (QED) is 0.695. The summed E-state index contributed by atoms with van der Waals surface area (Å²) in [7, 11) is 0. The summed E-state index contributed by atoms with van der Waals surface area (Å²) in [6.07, 6.45) is 1.60. The molecule has 5 heteroatoms. The number of nitrogens with two attached hydrogens (primary N) is 1. The molecule has 1 aliphatic rings. The highest BCUT2D eigenvalue weighted by molar-refractivity contribution is 6.34. The highest BCUT2D eigenvalue weighted by atomic mass is 35.5. The second kappa shape index (κ2) is 3.96. The van der Waals surface area contributed by atoms with E-state index in [1.165, 1.54) is 6.07 Å². The summed E-state index contributed by atoms with van der Waals surface area (Å²) >= 11 is 5.90. The zero-order valence-electron chi connectivity index (χ0n) is 8.66. The van der Waals surface area contributed by atoms with Gasteiger partial charge in [-0.2, -0.15) is 0 Å². The normalized spacial score (nSPS) is 16.9. The SMILES string of the molecule is Nc1ccc(Cl)c(C(=O)NC2(CO)CC2)c1. The number of aliphatic hydroxyl groups excluding tert-OH is 1. The number of nitrogens with one attached hydrogen (secondary N) is 1. The molecule has 4 N–H and O–H groups in total. The van der Waals surface area contributed by atoms with E-state index in [9.17, 15) is 4.79 Å². The predicted molar refractivity (Wildman–Crippen MR) is 62.4 cm³/mol. The van der Waals surface area contributed by atoms with Crippen LogP contribution < -0.4 is 11.1 Å². The van der Waals surface area contributed by atoms with Gasteiger partial charge in [0.05, 0.1) is 22.7 Å². The number of carbonyl (C=O) groups excluding carboxylic acids is 1. The molecule has 0 heterocycles. The molecule has 86 valence electrons. The van der Waals surface area contributed by atoms with Crippen molar-refractivity contribution in [3.05, 3.63) is 28.8 Å². The van der Waals surface area contributed by atoms with Gasteiger partial charge in [-0.3, -0.25) is 4.79 Å². The van der Waals surface area contributed by atoms with Crippen molar-refractivity contribution < 1.29 is 9.90 Å². The molecular formula is C11H13ClN2O2. The summed E-state index contributed by atoms with van der Waals surface area (Å²) < 4.78 is 0. The number of benzene rings is 1. The molecule has 1 aliphatic carbocycles. The molecule has 4 nitrogen and oxygen atoms in total. The maximum Gasteiger partial charge on any atom is 0.253 e. The van der Waals surface area contributed by atoms with Crippen LogP contribution in [0.1, 0.15) is 23.2 Å². The third-order valence-electron chi connectivity index (χ3n) is 2.77. The predicted octanol–water partition coefficient (Wildman–Crippen LogP) is 1.18. The van der Waals surface area contributed by atoms with Crippen LogP contribution in [0.5, 0.6) is 0 Å². The minimum Gasteiger partial charge on any atom is -0.399 e. The lowest BCUT2D eigenvalue weighted by molar-refractivity contribution is 0.0907. The Balaban J connectivity index is 2.17. The van der Waals surface area contributed by atoms with Crippen molar-refractivity contribution in [1.82, 2.24) is 5.32 Å². The van der Waals surface area contributed by atoms with Gasteiger partial charge in [0, 0.05) is 5.69 Å². The van der Waals surface area contributed by atoms with Crippen molar-refractivity contribution in [3.8, 4) is 0 Å². The molecule has 1 saturated carbocycles. The van der Waals surface area contributed by atoms with Gasteiger partial charge in [-0.1, -0.05) is 11.6 Å². The Labute approximate surface area is 98.4 Å². The van der Waals surface area contributed by atoms with E-state index >= 15 is 0 Å². The molecule has 0 unspecified atom stereocenters. The van der Waals surface area contributed by atoms with Crippen molar-refractivity contribution in [2.24, 2.45) is 0 Å². The fraction of sp³-hybridized carbons (Fsp3) is 0.364. The Bertz CT molecular complexity index is 430. The van der Waals surface area contributed by atoms with Crippen LogP contribution in [0.4, 0.5) is 5.69 Å². The van der Waals surface area contributed by atoms with Gasteiger partial charge < -0.3 is 16.2 Å². The van der Waals surface area contributed by atoms with Gasteiger partial charge in [0.1, 0.15) is 0 Å². The Kier molecular flexibility index (Phi) is 2.78. The van der Waals surface area contributed by atoms with Crippen molar-refractivity contribution in [2.75, 3.05) is 12.3 Å². The molecule has 1 aromatic rings. The van der Waals surface area contributed by atoms with Gasteiger partial charge >= 0.3 is 0 Å². The fourth-order valence-corrected chi connectivity index (χ4v) is 1.70. The van der Waals surface area contributed by atoms with Crippen LogP contribution in [-0.4, -0.2) is 23.2 Å². The molecule has 2 rings (SSSR count). The summed E-state index contributed by atoms with van der Waals surface area (Å²) in [5.41, 5.74) is 5.99. The molecule has 0 aromatic heterocycles. The molecule has 0 spiro atoms. The molecule has 1 amide bonds. The topological polar surface area (TPSA) is 75.4 Å². The molecule has 1 fully saturated rings. The zero-order chi connectivity index (χ0) is 11.8. The van der Waals surface area contributed by atoms with Gasteiger partial charge in [0.2, 0.25) is 0 Å². The largest absolute Gasteiger partial charge is 0.399 e. The second-order valence-electron chi connectivity index (χ2n) is 4.13. The first-order chi connectivity index (χ1) is 7.56. The van der Waals surface area contributed by atoms with Gasteiger partial charge in [-0.15, -0.1) is 0 Å². The Morgan fingerprint density at radius 1 is 1.56 bits per heavy atom. The van der Waals surface area contributed by atoms with E-state index in [1.54, 1.807) is 12.1 Å². The summed E-state index contributed by atoms with van der Waals surface area (Å²) in [6.45, 7) is -0.0430. The van der Waals surface area contributed by atoms with Gasteiger partial charge in [0.25, 0.3) is 5.91 Å². The number of hydrogen-bond acceptors (Lipinski definition) is 3. The first-order valence-electron chi connectivity index (χ1n) is 5.05. The van der Waals surface area contributed by atoms with Crippen LogP contribution in [0.3, 0.4) is 0 Å². The van der Waals surface area contributed by atoms with E-state index in [1.807, 2.05) is 0 Å². The molecule has 16 heavy (non-hydrogen) atoms. The van der Waals surface area contributed by atoms with Gasteiger partial charge in [0.15, 0.2) is 0 Å². The summed E-state index contributed by atoms with van der Waals surface area (Å²) in [5.74, 6) is -0.288. The van der Waals surface area contributed by atoms with E-state index in [2.05, 4.69) is 5.32 Å². The highest BCUT2D eigenvalue weighted by Gasteiger charge is 2.43. The molecule has 1 aromatic carbocycles. The van der Waals surface area contributed by atoms with Crippen LogP contribution in [0, 0.1) is 0 Å². The first-order valence-corrected chi connectivity index (χ1v) is 5.42. The van der Waals surface area contributed by atoms with E-state index in [4.69, 9.17) is 22.4 Å². The van der Waals surface area contributed by atoms with Crippen LogP contribution in [0.25, 0.3) is 0 Å². The van der Waals surface area contributed by atoms with Crippen LogP contribution in [-0.2, 0) is 0 Å². The lowest BCUT2D eigenvalue weighted by Crippen LogP contribution is -2.39. The summed E-state index contributed by atoms with van der Waals surface area (Å²) in [6, 6.07) is 4.76. The molecule has 0 aliphatic heterocycles. The van der Waals surface area contributed by atoms with E-state index < -0.39 is 5.54 Å². The van der Waals surface area contributed by atoms with Crippen LogP contribution >= 0.6 is 11.6 Å². The maximum atomic E-state index is 11.9. The number of rotatable bonds is 3. The minimum atomic E-state index is -0.439. The Morgan fingerprint density at radius 3 is 2.81 bits per heavy atom. The average molecular weight is 241 g/mol. The smallest absolute Gasteiger partial charge is 0.253 e. The second-order valence-corrected chi connectivity index (χ2v) is 4.54. The maximum absolute atomic E-state index is 11.9. The minimum absolute atomic E-state index is 0.0430. The lowest BCUT2D eigenvalue weighted by atomic mass is 10.1. The van der Waals surface area contributed by atoms with Crippen molar-refractivity contribution in [2.45, 2.75) is 18.4 Å². The number of halogens is 1. The monoisotopic (exact) mass is 240 g/mol. The number of aliphatic hydroxyl groups is 1. The standard InChI is InChI=1S/C11H13ClN2O2/c12-9-2-1-7(13)5-8(9)10(16)14-11(6-15)3-4-11/h1-2,5,15H,3-4,6,13H2,(H,14,16). The lowest BCUT2D eigenvalue weighted by Gasteiger charge is -2.15. The van der Waals surface area contributed by atoms with Gasteiger partial charge in [-0.25, -0.2) is 0 Å². The number of nitrogen functional groups attached to an aromatic ring is 1. The van der Waals surface area contributed by atoms with E-state index in [-0.39, 0.29) is 12.5 Å². The van der Waals surface area contributed by atoms with Crippen LogP contribution in [0.2, 0.25) is 5.02 Å². The Hall–Kier alpha value is -1.26. The van der Waals surface area contributed by atoms with E-state index in [0.717, 1.165) is 12.8 Å². The summed E-state index contributed by atoms with van der Waals surface area (Å²) in [5, 5.41) is 12.2. The molecule has 0 atom stereocenters. The van der Waals surface area contributed by atoms with Crippen molar-refractivity contribution in [3.63, 3.8) is 0 Å². The number of anilines is 1. The number of amides is 1. The average Bonchev–Trinajstić information content (AvgIpc) is 3.02. The zero-order valence-corrected chi connectivity index (χ0v) is 9.42. The molecular weight excluding hydrogens is 228 g/mol.